The number of aryl methyl sites for hydroxylation is 1. The lowest BCUT2D eigenvalue weighted by molar-refractivity contribution is -0.147. The molecule has 1 aliphatic carbocycles. The van der Waals surface area contributed by atoms with Gasteiger partial charge in [0.1, 0.15) is 0 Å². The molecule has 0 saturated heterocycles. The molecule has 0 atom stereocenters. The van der Waals surface area contributed by atoms with E-state index in [4.69, 9.17) is 9.47 Å². The minimum Gasteiger partial charge on any atom is -0.376 e. The van der Waals surface area contributed by atoms with E-state index in [1.165, 1.54) is 0 Å². The second-order valence-corrected chi connectivity index (χ2v) is 7.68. The monoisotopic (exact) mass is 368 g/mol. The van der Waals surface area contributed by atoms with E-state index in [1.807, 2.05) is 58.9 Å². The molecule has 0 aromatic heterocycles. The minimum absolute atomic E-state index is 0.234. The summed E-state index contributed by atoms with van der Waals surface area (Å²) in [5, 5.41) is 0. The number of methoxy groups -OCH3 is 2. The molecule has 0 aliphatic heterocycles. The molecule has 4 nitrogen and oxygen atoms in total. The molecule has 0 spiro atoms. The first-order chi connectivity index (χ1) is 12.6. The van der Waals surface area contributed by atoms with Crippen LogP contribution in [0.15, 0.2) is 42.5 Å². The Morgan fingerprint density at radius 3 is 1.63 bits per heavy atom. The van der Waals surface area contributed by atoms with Gasteiger partial charge in [0, 0.05) is 25.3 Å². The highest BCUT2D eigenvalue weighted by Gasteiger charge is 2.37. The second-order valence-electron chi connectivity index (χ2n) is 7.68. The summed E-state index contributed by atoms with van der Waals surface area (Å²) in [6, 6.07) is 12.9. The van der Waals surface area contributed by atoms with Crippen molar-refractivity contribution in [3.05, 3.63) is 59.2 Å². The standard InChI is InChI=1S/C15H10O2.C8H18O2/c1-9-6-7-11-10-4-2-3-5-12(10)14(16)15(17)13(11)8-9;1-7(2,9-5)8(3,4)10-6/h2-8H,1H3;1-6H3. The topological polar surface area (TPSA) is 52.6 Å². The van der Waals surface area contributed by atoms with Crippen molar-refractivity contribution in [2.24, 2.45) is 0 Å². The first kappa shape index (κ1) is 21.0. The number of carbonyl (C=O) groups is 2. The summed E-state index contributed by atoms with van der Waals surface area (Å²) in [6.07, 6.45) is 0. The van der Waals surface area contributed by atoms with Crippen LogP contribution in [0.3, 0.4) is 0 Å². The molecule has 3 rings (SSSR count). The van der Waals surface area contributed by atoms with Gasteiger partial charge in [-0.15, -0.1) is 0 Å². The van der Waals surface area contributed by atoms with Gasteiger partial charge in [0.05, 0.1) is 11.2 Å². The maximum Gasteiger partial charge on any atom is 0.234 e. The van der Waals surface area contributed by atoms with Crippen molar-refractivity contribution >= 4 is 11.6 Å². The van der Waals surface area contributed by atoms with Crippen LogP contribution in [0.5, 0.6) is 0 Å². The van der Waals surface area contributed by atoms with E-state index in [-0.39, 0.29) is 11.2 Å². The molecule has 2 aromatic rings. The zero-order valence-corrected chi connectivity index (χ0v) is 17.2. The molecule has 0 bridgehead atoms. The third-order valence-electron chi connectivity index (χ3n) is 5.56. The molecule has 144 valence electrons. The highest BCUT2D eigenvalue weighted by molar-refractivity contribution is 6.53. The summed E-state index contributed by atoms with van der Waals surface area (Å²) < 4.78 is 10.5. The molecule has 2 aromatic carbocycles. The van der Waals surface area contributed by atoms with E-state index in [0.717, 1.165) is 16.7 Å². The van der Waals surface area contributed by atoms with Crippen molar-refractivity contribution in [1.82, 2.24) is 0 Å². The first-order valence-corrected chi connectivity index (χ1v) is 8.95. The van der Waals surface area contributed by atoms with Crippen molar-refractivity contribution in [1.29, 1.82) is 0 Å². The molecule has 4 heteroatoms. The largest absolute Gasteiger partial charge is 0.376 e. The number of hydrogen-bond donors (Lipinski definition) is 0. The number of hydrogen-bond acceptors (Lipinski definition) is 4. The van der Waals surface area contributed by atoms with Gasteiger partial charge in [-0.2, -0.15) is 0 Å². The van der Waals surface area contributed by atoms with Gasteiger partial charge in [0.2, 0.25) is 11.6 Å². The zero-order chi connectivity index (χ0) is 20.4. The number of carbonyl (C=O) groups excluding carboxylic acids is 2. The number of rotatable bonds is 3. The van der Waals surface area contributed by atoms with Crippen LogP contribution < -0.4 is 0 Å². The Labute approximate surface area is 161 Å². The normalized spacial score (nSPS) is 13.4. The number of Topliss-reactive ketones (excluding diaryl/α,β-unsaturated/α-hetero) is 2. The predicted octanol–water partition coefficient (Wildman–Crippen LogP) is 4.88. The summed E-state index contributed by atoms with van der Waals surface area (Å²) >= 11 is 0. The lowest BCUT2D eigenvalue weighted by Crippen LogP contribution is -2.48. The molecular formula is C23H28O4. The van der Waals surface area contributed by atoms with E-state index in [1.54, 1.807) is 32.4 Å². The summed E-state index contributed by atoms with van der Waals surface area (Å²) in [6.45, 7) is 9.96. The summed E-state index contributed by atoms with van der Waals surface area (Å²) in [7, 11) is 3.39. The molecule has 0 heterocycles. The third-order valence-corrected chi connectivity index (χ3v) is 5.56. The van der Waals surface area contributed by atoms with E-state index < -0.39 is 11.6 Å². The highest BCUT2D eigenvalue weighted by Crippen LogP contribution is 2.33. The van der Waals surface area contributed by atoms with E-state index in [9.17, 15) is 9.59 Å². The van der Waals surface area contributed by atoms with Gasteiger partial charge in [-0.05, 0) is 51.8 Å². The molecule has 0 amide bonds. The highest BCUT2D eigenvalue weighted by atomic mass is 16.5. The van der Waals surface area contributed by atoms with Crippen LogP contribution >= 0.6 is 0 Å². The molecular weight excluding hydrogens is 340 g/mol. The van der Waals surface area contributed by atoms with Crippen LogP contribution in [0.25, 0.3) is 11.1 Å². The number of fused-ring (bicyclic) bond motifs is 3. The second kappa shape index (κ2) is 7.75. The van der Waals surface area contributed by atoms with Gasteiger partial charge < -0.3 is 9.47 Å². The van der Waals surface area contributed by atoms with Crippen LogP contribution in [0, 0.1) is 6.92 Å². The van der Waals surface area contributed by atoms with Crippen LogP contribution in [-0.2, 0) is 9.47 Å². The molecule has 0 saturated carbocycles. The van der Waals surface area contributed by atoms with Gasteiger partial charge in [0.25, 0.3) is 0 Å². The van der Waals surface area contributed by atoms with Crippen molar-refractivity contribution < 1.29 is 19.1 Å². The number of benzene rings is 2. The number of ketones is 2. The predicted molar refractivity (Wildman–Crippen MR) is 107 cm³/mol. The Kier molecular flexibility index (Phi) is 6.03. The molecule has 0 fully saturated rings. The maximum atomic E-state index is 12.0. The van der Waals surface area contributed by atoms with Crippen molar-refractivity contribution in [3.8, 4) is 11.1 Å². The van der Waals surface area contributed by atoms with Gasteiger partial charge >= 0.3 is 0 Å². The average Bonchev–Trinajstić information content (AvgIpc) is 2.66. The van der Waals surface area contributed by atoms with Crippen LogP contribution in [0.4, 0.5) is 0 Å². The smallest absolute Gasteiger partial charge is 0.234 e. The summed E-state index contributed by atoms with van der Waals surface area (Å²) in [5.41, 5.74) is 3.26. The van der Waals surface area contributed by atoms with E-state index in [2.05, 4.69) is 0 Å². The zero-order valence-electron chi connectivity index (χ0n) is 17.2. The molecule has 0 radical (unpaired) electrons. The Bertz CT molecular complexity index is 848. The van der Waals surface area contributed by atoms with Gasteiger partial charge in [-0.25, -0.2) is 0 Å². The fourth-order valence-corrected chi connectivity index (χ4v) is 2.73. The fraction of sp³-hybridized carbons (Fsp3) is 0.391. The van der Waals surface area contributed by atoms with E-state index in [0.29, 0.717) is 11.1 Å². The molecule has 1 aliphatic rings. The lowest BCUT2D eigenvalue weighted by Gasteiger charge is -2.38. The summed E-state index contributed by atoms with van der Waals surface area (Å²) in [5.74, 6) is -0.805. The van der Waals surface area contributed by atoms with Crippen molar-refractivity contribution in [2.45, 2.75) is 45.8 Å². The van der Waals surface area contributed by atoms with Gasteiger partial charge in [-0.1, -0.05) is 42.0 Å². The van der Waals surface area contributed by atoms with Crippen molar-refractivity contribution in [2.75, 3.05) is 14.2 Å². The molecule has 0 N–H and O–H groups in total. The Morgan fingerprint density at radius 1 is 0.667 bits per heavy atom. The Balaban J connectivity index is 0.000000227. The average molecular weight is 368 g/mol. The lowest BCUT2D eigenvalue weighted by atomic mass is 9.83. The van der Waals surface area contributed by atoms with Crippen molar-refractivity contribution in [3.63, 3.8) is 0 Å². The van der Waals surface area contributed by atoms with Crippen LogP contribution in [-0.4, -0.2) is 37.0 Å². The summed E-state index contributed by atoms with van der Waals surface area (Å²) in [4.78, 5) is 23.9. The van der Waals surface area contributed by atoms with Gasteiger partial charge in [0.15, 0.2) is 0 Å². The Hall–Kier alpha value is -2.30. The van der Waals surface area contributed by atoms with Gasteiger partial charge in [-0.3, -0.25) is 9.59 Å². The maximum absolute atomic E-state index is 12.0. The van der Waals surface area contributed by atoms with Crippen LogP contribution in [0.1, 0.15) is 54.0 Å². The third kappa shape index (κ3) is 4.02. The minimum atomic E-state index is -0.404. The number of ether oxygens (including phenoxy) is 2. The quantitative estimate of drug-likeness (QED) is 0.725. The van der Waals surface area contributed by atoms with Crippen LogP contribution in [0.2, 0.25) is 0 Å². The molecule has 0 unspecified atom stereocenters. The Morgan fingerprint density at radius 2 is 1.11 bits per heavy atom. The molecule has 27 heavy (non-hydrogen) atoms. The van der Waals surface area contributed by atoms with E-state index >= 15 is 0 Å². The first-order valence-electron chi connectivity index (χ1n) is 8.95. The fourth-order valence-electron chi connectivity index (χ4n) is 2.73. The SMILES string of the molecule is COC(C)(C)C(C)(C)OC.Cc1ccc2c(c1)C(=O)C(=O)c1ccccc1-2.